The number of nitrogens with zero attached hydrogens (tertiary/aromatic N) is 2. The predicted molar refractivity (Wildman–Crippen MR) is 114 cm³/mol. The van der Waals surface area contributed by atoms with E-state index in [9.17, 15) is 13.2 Å². The highest BCUT2D eigenvalue weighted by molar-refractivity contribution is 7.89. The molecule has 0 bridgehead atoms. The third-order valence-electron chi connectivity index (χ3n) is 4.02. The maximum Gasteiger partial charge on any atom is 0.272 e. The second kappa shape index (κ2) is 9.02. The van der Waals surface area contributed by atoms with E-state index in [1.54, 1.807) is 42.0 Å². The summed E-state index contributed by atoms with van der Waals surface area (Å²) in [5, 5.41) is 5.74. The fourth-order valence-electron chi connectivity index (χ4n) is 2.62. The maximum absolute atomic E-state index is 12.4. The molecule has 0 radical (unpaired) electrons. The molecule has 0 aliphatic carbocycles. The van der Waals surface area contributed by atoms with Crippen LogP contribution < -0.4 is 9.94 Å². The minimum atomic E-state index is -3.83. The maximum atomic E-state index is 12.4. The molecular weight excluding hydrogens is 434 g/mol. The number of halogens is 1. The summed E-state index contributed by atoms with van der Waals surface area (Å²) >= 11 is 7.28. The molecule has 0 fully saturated rings. The minimum Gasteiger partial charge on any atom is -0.383 e. The number of thiazole rings is 1. The summed E-state index contributed by atoms with van der Waals surface area (Å²) in [7, 11) is -2.26. The molecule has 0 saturated carbocycles. The number of nitrogens with two attached hydrogens (primary N) is 1. The Kier molecular flexibility index (Phi) is 6.66. The van der Waals surface area contributed by atoms with Crippen molar-refractivity contribution in [3.63, 3.8) is 0 Å². The lowest BCUT2D eigenvalue weighted by Gasteiger charge is -2.04. The summed E-state index contributed by atoms with van der Waals surface area (Å²) in [6, 6.07) is 11.7. The third kappa shape index (κ3) is 5.20. The highest BCUT2D eigenvalue weighted by Crippen LogP contribution is 2.21. The Morgan fingerprint density at radius 3 is 2.76 bits per heavy atom. The standard InChI is InChI=1S/C19H18ClN3O4S2/c1-27-11-10-23-16-8-7-14(29(21,25)26)12-17(16)28-19(23)22-18(24)9-6-13-4-2-3-5-15(13)20/h2-9,12H,10-11H2,1H3,(H2,21,25,26)/b9-6+,22-19?. The van der Waals surface area contributed by atoms with Crippen LogP contribution in [0.3, 0.4) is 0 Å². The fraction of sp³-hybridized carbons (Fsp3) is 0.158. The van der Waals surface area contributed by atoms with Crippen molar-refractivity contribution >= 4 is 55.2 Å². The predicted octanol–water partition coefficient (Wildman–Crippen LogP) is 2.79. The van der Waals surface area contributed by atoms with Crippen molar-refractivity contribution in [2.24, 2.45) is 10.1 Å². The molecule has 0 saturated heterocycles. The molecule has 10 heteroatoms. The zero-order valence-corrected chi connectivity index (χ0v) is 17.8. The molecule has 2 N–H and O–H groups in total. The van der Waals surface area contributed by atoms with Crippen LogP contribution >= 0.6 is 22.9 Å². The van der Waals surface area contributed by atoms with Gasteiger partial charge in [0, 0.05) is 24.8 Å². The average Bonchev–Trinajstić information content (AvgIpc) is 3.01. The number of benzene rings is 2. The van der Waals surface area contributed by atoms with E-state index in [-0.39, 0.29) is 4.90 Å². The Morgan fingerprint density at radius 1 is 1.31 bits per heavy atom. The summed E-state index contributed by atoms with van der Waals surface area (Å²) in [6.07, 6.45) is 2.93. The normalized spacial score (nSPS) is 12.9. The first-order valence-corrected chi connectivity index (χ1v) is 11.2. The Bertz CT molecular complexity index is 1260. The molecule has 29 heavy (non-hydrogen) atoms. The molecule has 0 unspecified atom stereocenters. The largest absolute Gasteiger partial charge is 0.383 e. The van der Waals surface area contributed by atoms with E-state index in [4.69, 9.17) is 21.5 Å². The van der Waals surface area contributed by atoms with Crippen LogP contribution in [0.2, 0.25) is 5.02 Å². The number of hydrogen-bond acceptors (Lipinski definition) is 5. The van der Waals surface area contributed by atoms with Crippen molar-refractivity contribution in [1.82, 2.24) is 4.57 Å². The first-order valence-electron chi connectivity index (χ1n) is 8.46. The van der Waals surface area contributed by atoms with Crippen LogP contribution in [0.25, 0.3) is 16.3 Å². The molecule has 0 atom stereocenters. The zero-order valence-electron chi connectivity index (χ0n) is 15.4. The van der Waals surface area contributed by atoms with Gasteiger partial charge in [0.05, 0.1) is 21.7 Å². The molecule has 152 valence electrons. The molecular formula is C19H18ClN3O4S2. The number of amides is 1. The summed E-state index contributed by atoms with van der Waals surface area (Å²) in [4.78, 5) is 17.0. The molecule has 2 aromatic carbocycles. The highest BCUT2D eigenvalue weighted by Gasteiger charge is 2.13. The van der Waals surface area contributed by atoms with Crippen LogP contribution in [-0.2, 0) is 26.1 Å². The number of carbonyl (C=O) groups excluding carboxylic acids is 1. The molecule has 0 aliphatic rings. The molecule has 1 heterocycles. The topological polar surface area (TPSA) is 104 Å². The first kappa shape index (κ1) is 21.4. The van der Waals surface area contributed by atoms with Crippen LogP contribution in [0.4, 0.5) is 0 Å². The molecule has 3 rings (SSSR count). The van der Waals surface area contributed by atoms with Crippen molar-refractivity contribution in [3.8, 4) is 0 Å². The number of fused-ring (bicyclic) bond motifs is 1. The van der Waals surface area contributed by atoms with Crippen molar-refractivity contribution in [1.29, 1.82) is 0 Å². The first-order chi connectivity index (χ1) is 13.8. The molecule has 3 aromatic rings. The van der Waals surface area contributed by atoms with E-state index in [2.05, 4.69) is 4.99 Å². The Balaban J connectivity index is 2.04. The van der Waals surface area contributed by atoms with Crippen LogP contribution in [0, 0.1) is 0 Å². The van der Waals surface area contributed by atoms with Gasteiger partial charge in [-0.3, -0.25) is 4.79 Å². The lowest BCUT2D eigenvalue weighted by molar-refractivity contribution is -0.113. The number of rotatable bonds is 6. The molecule has 1 aromatic heterocycles. The lowest BCUT2D eigenvalue weighted by Crippen LogP contribution is -2.19. The van der Waals surface area contributed by atoms with E-state index < -0.39 is 15.9 Å². The van der Waals surface area contributed by atoms with Gasteiger partial charge in [0.2, 0.25) is 10.0 Å². The third-order valence-corrected chi connectivity index (χ3v) is 6.31. The summed E-state index contributed by atoms with van der Waals surface area (Å²) in [5.74, 6) is -0.464. The van der Waals surface area contributed by atoms with Gasteiger partial charge >= 0.3 is 0 Å². The van der Waals surface area contributed by atoms with Gasteiger partial charge in [0.25, 0.3) is 5.91 Å². The number of ether oxygens (including phenoxy) is 1. The van der Waals surface area contributed by atoms with E-state index in [1.807, 2.05) is 6.07 Å². The minimum absolute atomic E-state index is 0.00151. The quantitative estimate of drug-likeness (QED) is 0.582. The van der Waals surface area contributed by atoms with Crippen molar-refractivity contribution < 1.29 is 17.9 Å². The second-order valence-electron chi connectivity index (χ2n) is 6.01. The zero-order chi connectivity index (χ0) is 21.0. The van der Waals surface area contributed by atoms with E-state index >= 15 is 0 Å². The number of primary sulfonamides is 1. The number of sulfonamides is 1. The van der Waals surface area contributed by atoms with E-state index in [0.29, 0.717) is 33.2 Å². The molecule has 1 amide bonds. The lowest BCUT2D eigenvalue weighted by atomic mass is 10.2. The van der Waals surface area contributed by atoms with Gasteiger partial charge in [-0.1, -0.05) is 41.1 Å². The number of methoxy groups -OCH3 is 1. The van der Waals surface area contributed by atoms with E-state index in [0.717, 1.165) is 5.52 Å². The van der Waals surface area contributed by atoms with Gasteiger partial charge in [-0.05, 0) is 35.9 Å². The Labute approximate surface area is 176 Å². The van der Waals surface area contributed by atoms with Crippen LogP contribution in [-0.4, -0.2) is 32.6 Å². The van der Waals surface area contributed by atoms with Gasteiger partial charge in [0.1, 0.15) is 0 Å². The summed E-state index contributed by atoms with van der Waals surface area (Å²) in [5.41, 5.74) is 1.44. The number of aromatic nitrogens is 1. The van der Waals surface area contributed by atoms with Crippen molar-refractivity contribution in [2.45, 2.75) is 11.4 Å². The van der Waals surface area contributed by atoms with E-state index in [1.165, 1.54) is 29.5 Å². The molecule has 7 nitrogen and oxygen atoms in total. The monoisotopic (exact) mass is 451 g/mol. The van der Waals surface area contributed by atoms with Gasteiger partial charge in [0.15, 0.2) is 4.80 Å². The summed E-state index contributed by atoms with van der Waals surface area (Å²) in [6.45, 7) is 0.852. The molecule has 0 aliphatic heterocycles. The number of carbonyl (C=O) groups is 1. The van der Waals surface area contributed by atoms with Crippen molar-refractivity contribution in [2.75, 3.05) is 13.7 Å². The van der Waals surface area contributed by atoms with Crippen LogP contribution in [0.15, 0.2) is 58.4 Å². The molecule has 0 spiro atoms. The van der Waals surface area contributed by atoms with Gasteiger partial charge in [-0.15, -0.1) is 0 Å². The fourth-order valence-corrected chi connectivity index (χ4v) is 4.53. The SMILES string of the molecule is COCCn1c(=NC(=O)/C=C/c2ccccc2Cl)sc2cc(S(N)(=O)=O)ccc21. The van der Waals surface area contributed by atoms with Crippen LogP contribution in [0.5, 0.6) is 0 Å². The average molecular weight is 452 g/mol. The van der Waals surface area contributed by atoms with Crippen molar-refractivity contribution in [3.05, 3.63) is 63.9 Å². The van der Waals surface area contributed by atoms with Gasteiger partial charge in [-0.2, -0.15) is 4.99 Å². The van der Waals surface area contributed by atoms with Crippen LogP contribution in [0.1, 0.15) is 5.56 Å². The summed E-state index contributed by atoms with van der Waals surface area (Å²) < 4.78 is 30.8. The highest BCUT2D eigenvalue weighted by atomic mass is 35.5. The Morgan fingerprint density at radius 2 is 2.07 bits per heavy atom. The Hall–Kier alpha value is -2.30. The van der Waals surface area contributed by atoms with Gasteiger partial charge < -0.3 is 9.30 Å². The smallest absolute Gasteiger partial charge is 0.272 e. The number of hydrogen-bond donors (Lipinski definition) is 1. The second-order valence-corrected chi connectivity index (χ2v) is 8.99. The van der Waals surface area contributed by atoms with Gasteiger partial charge in [-0.25, -0.2) is 13.6 Å².